The summed E-state index contributed by atoms with van der Waals surface area (Å²) in [6.45, 7) is 6.44. The quantitative estimate of drug-likeness (QED) is 0.807. The van der Waals surface area contributed by atoms with Crippen molar-refractivity contribution in [1.29, 1.82) is 0 Å². The van der Waals surface area contributed by atoms with E-state index in [1.54, 1.807) is 0 Å². The summed E-state index contributed by atoms with van der Waals surface area (Å²) in [6, 6.07) is 0.132. The van der Waals surface area contributed by atoms with Crippen LogP contribution in [0, 0.1) is 5.92 Å². The molecule has 1 aliphatic heterocycles. The molecule has 3 heterocycles. The summed E-state index contributed by atoms with van der Waals surface area (Å²) in [5, 5.41) is 12.7. The fourth-order valence-electron chi connectivity index (χ4n) is 2.42. The van der Waals surface area contributed by atoms with Crippen LogP contribution >= 0.6 is 23.7 Å². The maximum Gasteiger partial charge on any atom is 0.232 e. The predicted octanol–water partition coefficient (Wildman–Crippen LogP) is 1.71. The molecule has 1 unspecified atom stereocenters. The average Bonchev–Trinajstić information content (AvgIpc) is 3.18. The Kier molecular flexibility index (Phi) is 6.88. The maximum atomic E-state index is 11.7. The number of rotatable bonds is 5. The van der Waals surface area contributed by atoms with Crippen LogP contribution in [0.5, 0.6) is 0 Å². The van der Waals surface area contributed by atoms with E-state index in [1.165, 1.54) is 11.3 Å². The van der Waals surface area contributed by atoms with Crippen LogP contribution in [0.15, 0.2) is 9.90 Å². The lowest BCUT2D eigenvalue weighted by molar-refractivity contribution is -0.118. The van der Waals surface area contributed by atoms with Crippen molar-refractivity contribution in [3.8, 4) is 0 Å². The van der Waals surface area contributed by atoms with Gasteiger partial charge in [0.25, 0.3) is 0 Å². The van der Waals surface area contributed by atoms with Crippen LogP contribution in [0.25, 0.3) is 0 Å². The standard InChI is InChI=1S/C15H22N6O2S.ClH/c1-9(2)14(22)19-15-17-10(8-24-15)6-12-18-13(20-23-12)11-7-16-4-5-21(11)3;/h8-9,11,16H,4-7H2,1-3H3,(H,17,19,22);1H. The molecule has 0 spiro atoms. The van der Waals surface area contributed by atoms with Gasteiger partial charge in [0.1, 0.15) is 0 Å². The molecule has 0 aromatic carbocycles. The summed E-state index contributed by atoms with van der Waals surface area (Å²) < 4.78 is 5.36. The number of nitrogens with one attached hydrogen (secondary N) is 2. The van der Waals surface area contributed by atoms with Crippen LogP contribution < -0.4 is 10.6 Å². The Morgan fingerprint density at radius 2 is 2.32 bits per heavy atom. The third-order valence-electron chi connectivity index (χ3n) is 3.93. The number of piperazine rings is 1. The van der Waals surface area contributed by atoms with E-state index in [0.717, 1.165) is 25.3 Å². The highest BCUT2D eigenvalue weighted by molar-refractivity contribution is 7.13. The summed E-state index contributed by atoms with van der Waals surface area (Å²) in [6.07, 6.45) is 0.463. The fraction of sp³-hybridized carbons (Fsp3) is 0.600. The number of carbonyl (C=O) groups is 1. The summed E-state index contributed by atoms with van der Waals surface area (Å²) >= 11 is 1.40. The number of amides is 1. The Balaban J connectivity index is 0.00000225. The minimum atomic E-state index is -0.0723. The summed E-state index contributed by atoms with van der Waals surface area (Å²) in [4.78, 5) is 22.8. The molecule has 3 rings (SSSR count). The van der Waals surface area contributed by atoms with Crippen molar-refractivity contribution in [3.63, 3.8) is 0 Å². The predicted molar refractivity (Wildman–Crippen MR) is 98.2 cm³/mol. The molecule has 0 radical (unpaired) electrons. The van der Waals surface area contributed by atoms with E-state index in [-0.39, 0.29) is 30.3 Å². The minimum absolute atomic E-state index is 0. The van der Waals surface area contributed by atoms with Crippen LogP contribution in [-0.2, 0) is 11.2 Å². The van der Waals surface area contributed by atoms with Crippen molar-refractivity contribution in [3.05, 3.63) is 22.8 Å². The second kappa shape index (κ2) is 8.70. The largest absolute Gasteiger partial charge is 0.339 e. The topological polar surface area (TPSA) is 96.2 Å². The minimum Gasteiger partial charge on any atom is -0.339 e. The number of thiazole rings is 1. The van der Waals surface area contributed by atoms with Gasteiger partial charge in [0.05, 0.1) is 18.2 Å². The Morgan fingerprint density at radius 1 is 1.52 bits per heavy atom. The van der Waals surface area contributed by atoms with Gasteiger partial charge in [0.2, 0.25) is 11.8 Å². The van der Waals surface area contributed by atoms with E-state index in [4.69, 9.17) is 4.52 Å². The first-order valence-corrected chi connectivity index (χ1v) is 8.89. The molecular weight excluding hydrogens is 364 g/mol. The van der Waals surface area contributed by atoms with E-state index in [9.17, 15) is 4.79 Å². The monoisotopic (exact) mass is 386 g/mol. The number of halogens is 1. The SMILES string of the molecule is CC(C)C(=O)Nc1nc(Cc2nc(C3CNCCN3C)no2)cs1.Cl. The molecule has 1 atom stereocenters. The van der Waals surface area contributed by atoms with Gasteiger partial charge in [0, 0.05) is 30.9 Å². The number of hydrogen-bond acceptors (Lipinski definition) is 8. The molecule has 1 saturated heterocycles. The highest BCUT2D eigenvalue weighted by atomic mass is 35.5. The third kappa shape index (κ3) is 4.97. The van der Waals surface area contributed by atoms with Gasteiger partial charge in [-0.25, -0.2) is 4.98 Å². The fourth-order valence-corrected chi connectivity index (χ4v) is 3.13. The number of hydrogen-bond donors (Lipinski definition) is 2. The Labute approximate surface area is 156 Å². The molecule has 0 aliphatic carbocycles. The zero-order valence-electron chi connectivity index (χ0n) is 14.5. The highest BCUT2D eigenvalue weighted by Gasteiger charge is 2.25. The third-order valence-corrected chi connectivity index (χ3v) is 4.74. The van der Waals surface area contributed by atoms with Crippen molar-refractivity contribution in [2.45, 2.75) is 26.3 Å². The number of likely N-dealkylation sites (N-methyl/N-ethyl adjacent to an activating group) is 1. The first kappa shape index (κ1) is 19.8. The molecular formula is C15H23ClN6O2S. The normalized spacial score (nSPS) is 18.2. The molecule has 25 heavy (non-hydrogen) atoms. The number of carbonyl (C=O) groups excluding carboxylic acids is 1. The van der Waals surface area contributed by atoms with Crippen LogP contribution in [0.1, 0.15) is 37.3 Å². The van der Waals surface area contributed by atoms with E-state index in [2.05, 4.69) is 37.7 Å². The molecule has 1 fully saturated rings. The lowest BCUT2D eigenvalue weighted by Gasteiger charge is -2.30. The molecule has 0 bridgehead atoms. The average molecular weight is 387 g/mol. The van der Waals surface area contributed by atoms with Crippen molar-refractivity contribution in [1.82, 2.24) is 25.3 Å². The Morgan fingerprint density at radius 3 is 3.04 bits per heavy atom. The van der Waals surface area contributed by atoms with Gasteiger partial charge in [0.15, 0.2) is 11.0 Å². The summed E-state index contributed by atoms with van der Waals surface area (Å²) in [7, 11) is 2.06. The summed E-state index contributed by atoms with van der Waals surface area (Å²) in [5.74, 6) is 1.13. The molecule has 138 valence electrons. The van der Waals surface area contributed by atoms with Gasteiger partial charge in [-0.05, 0) is 7.05 Å². The Bertz CT molecular complexity index is 704. The van der Waals surface area contributed by atoms with Gasteiger partial charge < -0.3 is 15.2 Å². The molecule has 0 saturated carbocycles. The van der Waals surface area contributed by atoms with E-state index in [1.807, 2.05) is 19.2 Å². The second-order valence-electron chi connectivity index (χ2n) is 6.21. The molecule has 8 nitrogen and oxygen atoms in total. The van der Waals surface area contributed by atoms with Crippen LogP contribution in [0.3, 0.4) is 0 Å². The first-order chi connectivity index (χ1) is 11.5. The van der Waals surface area contributed by atoms with Crippen LogP contribution in [-0.4, -0.2) is 52.6 Å². The number of nitrogens with zero attached hydrogens (tertiary/aromatic N) is 4. The van der Waals surface area contributed by atoms with Gasteiger partial charge in [-0.15, -0.1) is 23.7 Å². The molecule has 2 aromatic heterocycles. The molecule has 1 amide bonds. The van der Waals surface area contributed by atoms with Crippen LogP contribution in [0.4, 0.5) is 5.13 Å². The van der Waals surface area contributed by atoms with Crippen LogP contribution in [0.2, 0.25) is 0 Å². The molecule has 2 N–H and O–H groups in total. The van der Waals surface area contributed by atoms with Crippen molar-refractivity contribution in [2.75, 3.05) is 32.0 Å². The van der Waals surface area contributed by atoms with Gasteiger partial charge in [-0.1, -0.05) is 19.0 Å². The second-order valence-corrected chi connectivity index (χ2v) is 7.07. The van der Waals surface area contributed by atoms with Crippen molar-refractivity contribution in [2.24, 2.45) is 5.92 Å². The summed E-state index contributed by atoms with van der Waals surface area (Å²) in [5.41, 5.74) is 0.810. The number of anilines is 1. The highest BCUT2D eigenvalue weighted by Crippen LogP contribution is 2.21. The van der Waals surface area contributed by atoms with E-state index in [0.29, 0.717) is 23.3 Å². The lowest BCUT2D eigenvalue weighted by Crippen LogP contribution is -2.44. The van der Waals surface area contributed by atoms with Gasteiger partial charge >= 0.3 is 0 Å². The zero-order chi connectivity index (χ0) is 17.1. The molecule has 10 heteroatoms. The number of aromatic nitrogens is 3. The Hall–Kier alpha value is -1.55. The van der Waals surface area contributed by atoms with Gasteiger partial charge in [-0.2, -0.15) is 4.98 Å². The van der Waals surface area contributed by atoms with E-state index < -0.39 is 0 Å². The smallest absolute Gasteiger partial charge is 0.232 e. The van der Waals surface area contributed by atoms with Gasteiger partial charge in [-0.3, -0.25) is 9.69 Å². The lowest BCUT2D eigenvalue weighted by atomic mass is 10.2. The molecule has 2 aromatic rings. The zero-order valence-corrected chi connectivity index (χ0v) is 16.1. The maximum absolute atomic E-state index is 11.7. The first-order valence-electron chi connectivity index (χ1n) is 8.01. The molecule has 1 aliphatic rings. The van der Waals surface area contributed by atoms with Crippen molar-refractivity contribution >= 4 is 34.8 Å². The van der Waals surface area contributed by atoms with E-state index >= 15 is 0 Å². The van der Waals surface area contributed by atoms with Crippen molar-refractivity contribution < 1.29 is 9.32 Å².